The van der Waals surface area contributed by atoms with Gasteiger partial charge in [0.1, 0.15) is 12.0 Å². The number of rotatable bonds is 4. The number of carbonyl (C=O) groups is 1. The molecule has 1 atom stereocenters. The smallest absolute Gasteiger partial charge is 0.127 e. The maximum absolute atomic E-state index is 10.7. The van der Waals surface area contributed by atoms with Gasteiger partial charge in [-0.15, -0.1) is 0 Å². The normalized spacial score (nSPS) is 12.2. The SMILES string of the molecule is CCc1cccc(C(C)C=O)c1OC. The number of methoxy groups -OCH3 is 1. The van der Waals surface area contributed by atoms with Crippen molar-refractivity contribution in [2.24, 2.45) is 0 Å². The van der Waals surface area contributed by atoms with Crippen LogP contribution in [0.3, 0.4) is 0 Å². The van der Waals surface area contributed by atoms with E-state index in [4.69, 9.17) is 4.74 Å². The number of ether oxygens (including phenoxy) is 1. The zero-order valence-electron chi connectivity index (χ0n) is 8.91. The van der Waals surface area contributed by atoms with Crippen LogP contribution in [0.2, 0.25) is 0 Å². The van der Waals surface area contributed by atoms with Crippen LogP contribution in [0.15, 0.2) is 18.2 Å². The summed E-state index contributed by atoms with van der Waals surface area (Å²) < 4.78 is 5.33. The van der Waals surface area contributed by atoms with Crippen molar-refractivity contribution in [3.63, 3.8) is 0 Å². The van der Waals surface area contributed by atoms with Crippen LogP contribution < -0.4 is 4.74 Å². The van der Waals surface area contributed by atoms with Gasteiger partial charge in [-0.3, -0.25) is 0 Å². The summed E-state index contributed by atoms with van der Waals surface area (Å²) in [6.07, 6.45) is 1.86. The fraction of sp³-hybridized carbons (Fsp3) is 0.417. The Bertz CT molecular complexity index is 318. The van der Waals surface area contributed by atoms with Crippen molar-refractivity contribution in [3.05, 3.63) is 29.3 Å². The molecular weight excluding hydrogens is 176 g/mol. The minimum Gasteiger partial charge on any atom is -0.496 e. The zero-order valence-corrected chi connectivity index (χ0v) is 8.91. The van der Waals surface area contributed by atoms with E-state index in [1.165, 1.54) is 0 Å². The number of aldehydes is 1. The van der Waals surface area contributed by atoms with Gasteiger partial charge in [-0.25, -0.2) is 0 Å². The molecule has 14 heavy (non-hydrogen) atoms. The minimum absolute atomic E-state index is 0.101. The first kappa shape index (κ1) is 10.8. The number of benzene rings is 1. The number of carbonyl (C=O) groups excluding carboxylic acids is 1. The number of aryl methyl sites for hydroxylation is 1. The van der Waals surface area contributed by atoms with Crippen LogP contribution in [0.25, 0.3) is 0 Å². The highest BCUT2D eigenvalue weighted by atomic mass is 16.5. The van der Waals surface area contributed by atoms with Crippen LogP contribution >= 0.6 is 0 Å². The highest BCUT2D eigenvalue weighted by Gasteiger charge is 2.12. The molecule has 0 amide bonds. The lowest BCUT2D eigenvalue weighted by Crippen LogP contribution is -2.01. The Balaban J connectivity index is 3.21. The number of hydrogen-bond acceptors (Lipinski definition) is 2. The van der Waals surface area contributed by atoms with Gasteiger partial charge in [0.2, 0.25) is 0 Å². The second kappa shape index (κ2) is 4.80. The van der Waals surface area contributed by atoms with E-state index in [1.807, 2.05) is 25.1 Å². The molecule has 1 aromatic carbocycles. The van der Waals surface area contributed by atoms with Gasteiger partial charge in [-0.05, 0) is 12.0 Å². The van der Waals surface area contributed by atoms with Gasteiger partial charge >= 0.3 is 0 Å². The molecule has 0 saturated heterocycles. The summed E-state index contributed by atoms with van der Waals surface area (Å²) in [5, 5.41) is 0. The van der Waals surface area contributed by atoms with E-state index >= 15 is 0 Å². The third-order valence-electron chi connectivity index (χ3n) is 2.41. The summed E-state index contributed by atoms with van der Waals surface area (Å²) in [6, 6.07) is 5.94. The van der Waals surface area contributed by atoms with Gasteiger partial charge in [0, 0.05) is 11.5 Å². The third kappa shape index (κ3) is 1.95. The average Bonchev–Trinajstić information content (AvgIpc) is 2.26. The minimum atomic E-state index is -0.101. The predicted octanol–water partition coefficient (Wildman–Crippen LogP) is 2.56. The largest absolute Gasteiger partial charge is 0.496 e. The molecule has 0 saturated carbocycles. The van der Waals surface area contributed by atoms with Crippen molar-refractivity contribution in [3.8, 4) is 5.75 Å². The maximum Gasteiger partial charge on any atom is 0.127 e. The first-order chi connectivity index (χ1) is 6.74. The highest BCUT2D eigenvalue weighted by molar-refractivity contribution is 5.64. The molecule has 76 valence electrons. The first-order valence-electron chi connectivity index (χ1n) is 4.85. The molecule has 0 aromatic heterocycles. The van der Waals surface area contributed by atoms with E-state index in [0.717, 1.165) is 29.6 Å². The van der Waals surface area contributed by atoms with Crippen molar-refractivity contribution in [2.75, 3.05) is 7.11 Å². The Labute approximate surface area is 84.9 Å². The van der Waals surface area contributed by atoms with Gasteiger partial charge in [-0.2, -0.15) is 0 Å². The van der Waals surface area contributed by atoms with E-state index in [-0.39, 0.29) is 5.92 Å². The Morgan fingerprint density at radius 1 is 1.50 bits per heavy atom. The Morgan fingerprint density at radius 2 is 2.21 bits per heavy atom. The fourth-order valence-corrected chi connectivity index (χ4v) is 1.56. The van der Waals surface area contributed by atoms with Crippen LogP contribution in [0.1, 0.15) is 30.9 Å². The molecule has 0 N–H and O–H groups in total. The third-order valence-corrected chi connectivity index (χ3v) is 2.41. The van der Waals surface area contributed by atoms with Crippen molar-refractivity contribution < 1.29 is 9.53 Å². The monoisotopic (exact) mass is 192 g/mol. The standard InChI is InChI=1S/C12H16O2/c1-4-10-6-5-7-11(9(2)8-13)12(10)14-3/h5-9H,4H2,1-3H3. The van der Waals surface area contributed by atoms with E-state index in [9.17, 15) is 4.79 Å². The number of hydrogen-bond donors (Lipinski definition) is 0. The van der Waals surface area contributed by atoms with Gasteiger partial charge in [0.25, 0.3) is 0 Å². The highest BCUT2D eigenvalue weighted by Crippen LogP contribution is 2.29. The molecule has 2 nitrogen and oxygen atoms in total. The lowest BCUT2D eigenvalue weighted by molar-refractivity contribution is -0.108. The van der Waals surface area contributed by atoms with E-state index in [0.29, 0.717) is 0 Å². The topological polar surface area (TPSA) is 26.3 Å². The van der Waals surface area contributed by atoms with Crippen LogP contribution in [-0.2, 0) is 11.2 Å². The molecule has 0 bridgehead atoms. The van der Waals surface area contributed by atoms with Crippen LogP contribution in [0.4, 0.5) is 0 Å². The van der Waals surface area contributed by atoms with Crippen molar-refractivity contribution >= 4 is 6.29 Å². The van der Waals surface area contributed by atoms with Gasteiger partial charge in [-0.1, -0.05) is 32.0 Å². The van der Waals surface area contributed by atoms with Gasteiger partial charge in [0.05, 0.1) is 7.11 Å². The van der Waals surface area contributed by atoms with E-state index in [2.05, 4.69) is 6.92 Å². The molecule has 0 aliphatic carbocycles. The maximum atomic E-state index is 10.7. The molecular formula is C12H16O2. The summed E-state index contributed by atoms with van der Waals surface area (Å²) in [4.78, 5) is 10.7. The van der Waals surface area contributed by atoms with Gasteiger partial charge < -0.3 is 9.53 Å². The van der Waals surface area contributed by atoms with Crippen LogP contribution in [-0.4, -0.2) is 13.4 Å². The summed E-state index contributed by atoms with van der Waals surface area (Å²) in [5.41, 5.74) is 2.13. The Morgan fingerprint density at radius 3 is 2.71 bits per heavy atom. The molecule has 1 rings (SSSR count). The summed E-state index contributed by atoms with van der Waals surface area (Å²) >= 11 is 0. The van der Waals surface area contributed by atoms with Crippen molar-refractivity contribution in [2.45, 2.75) is 26.2 Å². The first-order valence-corrected chi connectivity index (χ1v) is 4.85. The Kier molecular flexibility index (Phi) is 3.69. The van der Waals surface area contributed by atoms with Crippen molar-refractivity contribution in [1.29, 1.82) is 0 Å². The second-order valence-corrected chi connectivity index (χ2v) is 3.32. The molecule has 1 unspecified atom stereocenters. The average molecular weight is 192 g/mol. The van der Waals surface area contributed by atoms with Crippen molar-refractivity contribution in [1.82, 2.24) is 0 Å². The van der Waals surface area contributed by atoms with E-state index < -0.39 is 0 Å². The second-order valence-electron chi connectivity index (χ2n) is 3.32. The van der Waals surface area contributed by atoms with E-state index in [1.54, 1.807) is 7.11 Å². The molecule has 0 fully saturated rings. The molecule has 0 aliphatic rings. The fourth-order valence-electron chi connectivity index (χ4n) is 1.56. The van der Waals surface area contributed by atoms with Gasteiger partial charge in [0.15, 0.2) is 0 Å². The Hall–Kier alpha value is -1.31. The number of para-hydroxylation sites is 1. The lowest BCUT2D eigenvalue weighted by Gasteiger charge is -2.14. The molecule has 2 heteroatoms. The summed E-state index contributed by atoms with van der Waals surface area (Å²) in [7, 11) is 1.65. The molecule has 1 aromatic rings. The van der Waals surface area contributed by atoms with Crippen LogP contribution in [0.5, 0.6) is 5.75 Å². The molecule has 0 radical (unpaired) electrons. The molecule has 0 aliphatic heterocycles. The quantitative estimate of drug-likeness (QED) is 0.685. The zero-order chi connectivity index (χ0) is 10.6. The lowest BCUT2D eigenvalue weighted by atomic mass is 9.98. The molecule has 0 spiro atoms. The summed E-state index contributed by atoms with van der Waals surface area (Å²) in [5.74, 6) is 0.756. The molecule has 0 heterocycles. The van der Waals surface area contributed by atoms with Crippen LogP contribution in [0, 0.1) is 0 Å². The summed E-state index contributed by atoms with van der Waals surface area (Å²) in [6.45, 7) is 3.96. The predicted molar refractivity (Wildman–Crippen MR) is 56.9 cm³/mol.